The van der Waals surface area contributed by atoms with E-state index in [2.05, 4.69) is 4.84 Å². The van der Waals surface area contributed by atoms with Crippen LogP contribution in [0.4, 0.5) is 4.79 Å². The molecule has 2 atom stereocenters. The Morgan fingerprint density at radius 1 is 1.26 bits per heavy atom. The lowest BCUT2D eigenvalue weighted by Crippen LogP contribution is -2.34. The fraction of sp³-hybridized carbons (Fsp3) is 0.600. The van der Waals surface area contributed by atoms with Gasteiger partial charge >= 0.3 is 12.1 Å². The van der Waals surface area contributed by atoms with Crippen molar-refractivity contribution in [2.75, 3.05) is 0 Å². The molecule has 126 valence electrons. The van der Waals surface area contributed by atoms with Gasteiger partial charge in [-0.25, -0.2) is 4.79 Å². The number of carboxylic acid groups (broad SMARTS) is 1. The number of carbonyl (C=O) groups is 4. The average Bonchev–Trinajstić information content (AvgIpc) is 2.78. The van der Waals surface area contributed by atoms with E-state index in [1.165, 1.54) is 0 Å². The zero-order valence-corrected chi connectivity index (χ0v) is 12.8. The summed E-state index contributed by atoms with van der Waals surface area (Å²) in [6.45, 7) is 1.66. The standard InChI is InChI=1S/C15H19NO7/c1-15(13(19)20)8-3-2-4-10(7-9-15)22-14(21)23-16-11(17)5-6-12(16)18/h2,4,10H,3,5-9H2,1H3,(H,19,20). The fourth-order valence-corrected chi connectivity index (χ4v) is 2.52. The van der Waals surface area contributed by atoms with Gasteiger partial charge in [0, 0.05) is 12.8 Å². The first-order chi connectivity index (χ1) is 10.8. The van der Waals surface area contributed by atoms with Crippen LogP contribution in [0.2, 0.25) is 0 Å². The summed E-state index contributed by atoms with van der Waals surface area (Å²) in [4.78, 5) is 50.4. The zero-order chi connectivity index (χ0) is 17.0. The summed E-state index contributed by atoms with van der Waals surface area (Å²) in [6, 6.07) is 0. The highest BCUT2D eigenvalue weighted by Gasteiger charge is 2.36. The fourth-order valence-electron chi connectivity index (χ4n) is 2.52. The summed E-state index contributed by atoms with van der Waals surface area (Å²) in [5.41, 5.74) is -0.878. The SMILES string of the molecule is CC1(C(=O)O)CCC=CC(OC(=O)ON2C(=O)CCC2=O)CC1. The number of ether oxygens (including phenoxy) is 1. The minimum atomic E-state index is -1.15. The summed E-state index contributed by atoms with van der Waals surface area (Å²) < 4.78 is 5.07. The van der Waals surface area contributed by atoms with E-state index in [-0.39, 0.29) is 12.8 Å². The van der Waals surface area contributed by atoms with Gasteiger partial charge < -0.3 is 9.84 Å². The maximum absolute atomic E-state index is 11.7. The Bertz CT molecular complexity index is 540. The van der Waals surface area contributed by atoms with Gasteiger partial charge in [-0.2, -0.15) is 0 Å². The van der Waals surface area contributed by atoms with Gasteiger partial charge in [0.2, 0.25) is 0 Å². The number of hydrogen-bond donors (Lipinski definition) is 1. The minimum Gasteiger partial charge on any atom is -0.481 e. The topological polar surface area (TPSA) is 110 Å². The minimum absolute atomic E-state index is 0.00636. The van der Waals surface area contributed by atoms with Crippen molar-refractivity contribution in [2.24, 2.45) is 5.41 Å². The van der Waals surface area contributed by atoms with Crippen LogP contribution in [0.1, 0.15) is 45.4 Å². The lowest BCUT2D eigenvalue weighted by Gasteiger charge is -2.27. The summed E-state index contributed by atoms with van der Waals surface area (Å²) in [5.74, 6) is -2.06. The van der Waals surface area contributed by atoms with Crippen LogP contribution in [-0.4, -0.2) is 40.2 Å². The number of hydrogen-bond acceptors (Lipinski definition) is 6. The molecule has 1 heterocycles. The Balaban J connectivity index is 1.92. The van der Waals surface area contributed by atoms with E-state index < -0.39 is 35.5 Å². The number of aliphatic carboxylic acids is 1. The van der Waals surface area contributed by atoms with Gasteiger partial charge in [-0.05, 0) is 38.7 Å². The van der Waals surface area contributed by atoms with E-state index in [1.54, 1.807) is 19.1 Å². The van der Waals surface area contributed by atoms with Gasteiger partial charge in [-0.15, -0.1) is 0 Å². The lowest BCUT2D eigenvalue weighted by atomic mass is 9.79. The molecule has 0 aromatic heterocycles. The molecular formula is C15H19NO7. The first-order valence-electron chi connectivity index (χ1n) is 7.46. The number of carbonyl (C=O) groups excluding carboxylic acids is 3. The van der Waals surface area contributed by atoms with Crippen LogP contribution in [0, 0.1) is 5.41 Å². The zero-order valence-electron chi connectivity index (χ0n) is 12.8. The molecule has 1 fully saturated rings. The van der Waals surface area contributed by atoms with Crippen LogP contribution >= 0.6 is 0 Å². The number of carboxylic acids is 1. The maximum atomic E-state index is 11.7. The van der Waals surface area contributed by atoms with Crippen molar-refractivity contribution in [2.45, 2.75) is 51.6 Å². The number of amides is 2. The average molecular weight is 325 g/mol. The van der Waals surface area contributed by atoms with Crippen molar-refractivity contribution in [1.82, 2.24) is 5.06 Å². The molecule has 1 saturated heterocycles. The quantitative estimate of drug-likeness (QED) is 0.478. The Hall–Kier alpha value is -2.38. The van der Waals surface area contributed by atoms with E-state index in [4.69, 9.17) is 4.74 Å². The molecule has 8 nitrogen and oxygen atoms in total. The molecule has 2 unspecified atom stereocenters. The second kappa shape index (κ2) is 6.80. The van der Waals surface area contributed by atoms with E-state index in [0.29, 0.717) is 30.7 Å². The molecule has 0 aromatic rings. The molecule has 23 heavy (non-hydrogen) atoms. The molecule has 0 bridgehead atoms. The monoisotopic (exact) mass is 325 g/mol. The van der Waals surface area contributed by atoms with E-state index in [9.17, 15) is 24.3 Å². The molecule has 1 aliphatic heterocycles. The number of imide groups is 1. The first kappa shape index (κ1) is 17.0. The second-order valence-corrected chi connectivity index (χ2v) is 5.95. The van der Waals surface area contributed by atoms with Crippen LogP contribution in [-0.2, 0) is 24.0 Å². The van der Waals surface area contributed by atoms with Crippen LogP contribution in [0.15, 0.2) is 12.2 Å². The summed E-state index contributed by atoms with van der Waals surface area (Å²) in [5, 5.41) is 9.71. The molecular weight excluding hydrogens is 306 g/mol. The van der Waals surface area contributed by atoms with Crippen molar-refractivity contribution in [3.8, 4) is 0 Å². The maximum Gasteiger partial charge on any atom is 0.534 e. The third-order valence-electron chi connectivity index (χ3n) is 4.13. The lowest BCUT2D eigenvalue weighted by molar-refractivity contribution is -0.178. The smallest absolute Gasteiger partial charge is 0.481 e. The van der Waals surface area contributed by atoms with Crippen molar-refractivity contribution < 1.29 is 33.9 Å². The van der Waals surface area contributed by atoms with E-state index in [0.717, 1.165) is 0 Å². The van der Waals surface area contributed by atoms with Gasteiger partial charge in [-0.1, -0.05) is 11.1 Å². The number of allylic oxidation sites excluding steroid dienone is 1. The highest BCUT2D eigenvalue weighted by atomic mass is 16.8. The molecule has 2 rings (SSSR count). The molecule has 2 amide bonds. The molecule has 2 aliphatic rings. The van der Waals surface area contributed by atoms with Crippen LogP contribution in [0.25, 0.3) is 0 Å². The molecule has 8 heteroatoms. The first-order valence-corrected chi connectivity index (χ1v) is 7.46. The number of rotatable bonds is 3. The summed E-state index contributed by atoms with van der Waals surface area (Å²) in [7, 11) is 0. The Morgan fingerprint density at radius 2 is 1.91 bits per heavy atom. The van der Waals surface area contributed by atoms with Gasteiger partial charge in [0.1, 0.15) is 6.10 Å². The largest absolute Gasteiger partial charge is 0.534 e. The van der Waals surface area contributed by atoms with Crippen molar-refractivity contribution >= 4 is 23.9 Å². The Labute approximate surface area is 133 Å². The van der Waals surface area contributed by atoms with E-state index in [1.807, 2.05) is 0 Å². The van der Waals surface area contributed by atoms with Crippen molar-refractivity contribution in [1.29, 1.82) is 0 Å². The molecule has 0 radical (unpaired) electrons. The van der Waals surface area contributed by atoms with E-state index >= 15 is 0 Å². The molecule has 0 spiro atoms. The molecule has 0 aromatic carbocycles. The third-order valence-corrected chi connectivity index (χ3v) is 4.13. The second-order valence-electron chi connectivity index (χ2n) is 5.95. The van der Waals surface area contributed by atoms with Crippen molar-refractivity contribution in [3.05, 3.63) is 12.2 Å². The normalized spacial score (nSPS) is 28.2. The van der Waals surface area contributed by atoms with Gasteiger partial charge in [-0.3, -0.25) is 19.2 Å². The number of hydroxylamine groups is 2. The number of nitrogens with zero attached hydrogens (tertiary/aromatic N) is 1. The third kappa shape index (κ3) is 4.08. The molecule has 0 saturated carbocycles. The Kier molecular flexibility index (Phi) is 5.02. The molecule has 1 N–H and O–H groups in total. The van der Waals surface area contributed by atoms with Gasteiger partial charge in [0.05, 0.1) is 5.41 Å². The Morgan fingerprint density at radius 3 is 2.52 bits per heavy atom. The van der Waals surface area contributed by atoms with Crippen LogP contribution in [0.3, 0.4) is 0 Å². The highest BCUT2D eigenvalue weighted by Crippen LogP contribution is 2.32. The summed E-state index contributed by atoms with van der Waals surface area (Å²) >= 11 is 0. The summed E-state index contributed by atoms with van der Waals surface area (Å²) in [6.07, 6.45) is 3.34. The predicted molar refractivity (Wildman–Crippen MR) is 75.8 cm³/mol. The van der Waals surface area contributed by atoms with Crippen LogP contribution < -0.4 is 0 Å². The van der Waals surface area contributed by atoms with Crippen LogP contribution in [0.5, 0.6) is 0 Å². The highest BCUT2D eigenvalue weighted by molar-refractivity contribution is 6.01. The van der Waals surface area contributed by atoms with Crippen molar-refractivity contribution in [3.63, 3.8) is 0 Å². The van der Waals surface area contributed by atoms with Gasteiger partial charge in [0.25, 0.3) is 11.8 Å². The predicted octanol–water partition coefficient (Wildman–Crippen LogP) is 1.79. The van der Waals surface area contributed by atoms with Gasteiger partial charge in [0.15, 0.2) is 0 Å². The molecule has 1 aliphatic carbocycles.